The number of pyridine rings is 1. The van der Waals surface area contributed by atoms with Crippen LogP contribution in [0.4, 0.5) is 5.13 Å². The molecule has 1 aromatic carbocycles. The second kappa shape index (κ2) is 7.64. The van der Waals surface area contributed by atoms with E-state index in [9.17, 15) is 4.79 Å². The van der Waals surface area contributed by atoms with E-state index in [1.54, 1.807) is 23.7 Å². The molecule has 140 valence electrons. The van der Waals surface area contributed by atoms with Gasteiger partial charge in [0.05, 0.1) is 16.1 Å². The summed E-state index contributed by atoms with van der Waals surface area (Å²) in [5.74, 6) is 0.127. The number of carbonyl (C=O) groups excluding carboxylic acids is 1. The number of hydrogen-bond acceptors (Lipinski definition) is 5. The normalized spacial score (nSPS) is 17.3. The van der Waals surface area contributed by atoms with E-state index in [-0.39, 0.29) is 11.8 Å². The van der Waals surface area contributed by atoms with Crippen LogP contribution in [0.1, 0.15) is 29.5 Å². The Balaban J connectivity index is 1.45. The molecule has 4 rings (SSSR count). The van der Waals surface area contributed by atoms with Crippen LogP contribution in [-0.2, 0) is 11.3 Å². The van der Waals surface area contributed by atoms with Crippen LogP contribution in [-0.4, -0.2) is 29.0 Å². The van der Waals surface area contributed by atoms with Crippen molar-refractivity contribution < 1.29 is 4.79 Å². The summed E-state index contributed by atoms with van der Waals surface area (Å²) in [6.45, 7) is 6.46. The van der Waals surface area contributed by atoms with E-state index < -0.39 is 0 Å². The van der Waals surface area contributed by atoms with Gasteiger partial charge in [-0.1, -0.05) is 23.5 Å². The molecule has 0 aliphatic carbocycles. The highest BCUT2D eigenvalue weighted by Gasteiger charge is 2.27. The van der Waals surface area contributed by atoms with Crippen LogP contribution in [0.2, 0.25) is 0 Å². The van der Waals surface area contributed by atoms with E-state index in [0.29, 0.717) is 6.54 Å². The Kier molecular flexibility index (Phi) is 5.07. The minimum absolute atomic E-state index is 0.00488. The van der Waals surface area contributed by atoms with Crippen molar-refractivity contribution in [1.82, 2.24) is 15.3 Å². The lowest BCUT2D eigenvalue weighted by molar-refractivity contribution is -0.125. The Bertz CT molecular complexity index is 953. The van der Waals surface area contributed by atoms with Gasteiger partial charge in [0.1, 0.15) is 0 Å². The molecule has 2 aromatic heterocycles. The summed E-state index contributed by atoms with van der Waals surface area (Å²) < 4.78 is 1.23. The first-order chi connectivity index (χ1) is 13.1. The smallest absolute Gasteiger partial charge is 0.225 e. The molecule has 0 bridgehead atoms. The molecule has 1 atom stereocenters. The second-order valence-corrected chi connectivity index (χ2v) is 8.30. The maximum Gasteiger partial charge on any atom is 0.225 e. The van der Waals surface area contributed by atoms with Crippen LogP contribution >= 0.6 is 11.3 Å². The number of hydrogen-bond donors (Lipinski definition) is 1. The number of nitrogens with one attached hydrogen (secondary N) is 1. The Morgan fingerprint density at radius 1 is 1.37 bits per heavy atom. The maximum absolute atomic E-state index is 12.6. The fourth-order valence-electron chi connectivity index (χ4n) is 3.70. The lowest BCUT2D eigenvalue weighted by Crippen LogP contribution is -2.42. The molecule has 5 nitrogen and oxygen atoms in total. The molecular formula is C21H24N4OS. The highest BCUT2D eigenvalue weighted by atomic mass is 32.1. The number of benzene rings is 1. The second-order valence-electron chi connectivity index (χ2n) is 7.29. The lowest BCUT2D eigenvalue weighted by Gasteiger charge is -2.31. The van der Waals surface area contributed by atoms with Crippen molar-refractivity contribution in [3.05, 3.63) is 53.3 Å². The van der Waals surface area contributed by atoms with Crippen molar-refractivity contribution in [2.24, 2.45) is 5.92 Å². The number of piperidine rings is 1. The van der Waals surface area contributed by atoms with E-state index in [0.717, 1.165) is 42.1 Å². The molecule has 1 N–H and O–H groups in total. The van der Waals surface area contributed by atoms with Gasteiger partial charge in [-0.05, 0) is 55.5 Å². The summed E-state index contributed by atoms with van der Waals surface area (Å²) in [6, 6.07) is 8.24. The third-order valence-corrected chi connectivity index (χ3v) is 6.13. The quantitative estimate of drug-likeness (QED) is 0.747. The molecule has 1 unspecified atom stereocenters. The average molecular weight is 381 g/mol. The molecule has 6 heteroatoms. The Hall–Kier alpha value is -2.47. The van der Waals surface area contributed by atoms with E-state index in [2.05, 4.69) is 41.2 Å². The number of anilines is 1. The number of aryl methyl sites for hydroxylation is 2. The van der Waals surface area contributed by atoms with Crippen molar-refractivity contribution >= 4 is 32.6 Å². The number of rotatable bonds is 4. The molecule has 3 aromatic rings. The first-order valence-electron chi connectivity index (χ1n) is 9.39. The van der Waals surface area contributed by atoms with Crippen molar-refractivity contribution in [2.75, 3.05) is 18.0 Å². The topological polar surface area (TPSA) is 58.1 Å². The summed E-state index contributed by atoms with van der Waals surface area (Å²) in [4.78, 5) is 23.9. The monoisotopic (exact) mass is 380 g/mol. The van der Waals surface area contributed by atoms with Gasteiger partial charge in [0, 0.05) is 32.0 Å². The zero-order valence-corrected chi connectivity index (χ0v) is 16.6. The van der Waals surface area contributed by atoms with Crippen LogP contribution in [0.3, 0.4) is 0 Å². The molecule has 1 aliphatic rings. The fourth-order valence-corrected chi connectivity index (χ4v) is 4.87. The third-order valence-electron chi connectivity index (χ3n) is 5.07. The Morgan fingerprint density at radius 3 is 3.07 bits per heavy atom. The Labute approximate surface area is 163 Å². The number of thiazole rings is 1. The number of nitrogens with zero attached hydrogens (tertiary/aromatic N) is 3. The molecule has 0 spiro atoms. The van der Waals surface area contributed by atoms with E-state index in [1.807, 2.05) is 12.1 Å². The van der Waals surface area contributed by atoms with Crippen LogP contribution in [0.25, 0.3) is 10.2 Å². The van der Waals surface area contributed by atoms with Crippen molar-refractivity contribution in [3.8, 4) is 0 Å². The van der Waals surface area contributed by atoms with Gasteiger partial charge in [-0.15, -0.1) is 0 Å². The highest BCUT2D eigenvalue weighted by molar-refractivity contribution is 7.22. The molecule has 1 aliphatic heterocycles. The summed E-state index contributed by atoms with van der Waals surface area (Å²) in [6.07, 6.45) is 5.47. The summed E-state index contributed by atoms with van der Waals surface area (Å²) in [5.41, 5.74) is 4.59. The minimum atomic E-state index is 0.00488. The fraction of sp³-hybridized carbons (Fsp3) is 0.381. The summed E-state index contributed by atoms with van der Waals surface area (Å²) >= 11 is 1.73. The molecule has 1 saturated heterocycles. The number of fused-ring (bicyclic) bond motifs is 1. The van der Waals surface area contributed by atoms with Gasteiger partial charge in [-0.3, -0.25) is 9.78 Å². The molecule has 27 heavy (non-hydrogen) atoms. The number of amides is 1. The number of carbonyl (C=O) groups is 1. The van der Waals surface area contributed by atoms with Crippen LogP contribution in [0, 0.1) is 19.8 Å². The first-order valence-corrected chi connectivity index (χ1v) is 10.2. The van der Waals surface area contributed by atoms with E-state index in [1.165, 1.54) is 15.8 Å². The van der Waals surface area contributed by atoms with E-state index in [4.69, 9.17) is 4.98 Å². The summed E-state index contributed by atoms with van der Waals surface area (Å²) in [7, 11) is 0. The molecule has 0 saturated carbocycles. The van der Waals surface area contributed by atoms with Crippen molar-refractivity contribution in [2.45, 2.75) is 33.2 Å². The van der Waals surface area contributed by atoms with Crippen molar-refractivity contribution in [3.63, 3.8) is 0 Å². The van der Waals surface area contributed by atoms with Gasteiger partial charge >= 0.3 is 0 Å². The highest BCUT2D eigenvalue weighted by Crippen LogP contribution is 2.33. The van der Waals surface area contributed by atoms with Gasteiger partial charge < -0.3 is 10.2 Å². The SMILES string of the molecule is Cc1cc(C)c2nc(N3CCCC(C(=O)NCc4cccnc4)C3)sc2c1. The van der Waals surface area contributed by atoms with Gasteiger partial charge in [0.25, 0.3) is 0 Å². The predicted molar refractivity (Wildman–Crippen MR) is 110 cm³/mol. The predicted octanol–water partition coefficient (Wildman–Crippen LogP) is 3.84. The van der Waals surface area contributed by atoms with E-state index >= 15 is 0 Å². The van der Waals surface area contributed by atoms with Crippen LogP contribution in [0.15, 0.2) is 36.7 Å². The standard InChI is InChI=1S/C21H24N4OS/c1-14-9-15(2)19-18(10-14)27-21(24-19)25-8-4-6-17(13-25)20(26)23-12-16-5-3-7-22-11-16/h3,5,7,9-11,17H,4,6,8,12-13H2,1-2H3,(H,23,26). The molecular weight excluding hydrogens is 356 g/mol. The third kappa shape index (κ3) is 3.95. The van der Waals surface area contributed by atoms with Gasteiger partial charge in [0.2, 0.25) is 5.91 Å². The molecule has 3 heterocycles. The lowest BCUT2D eigenvalue weighted by atomic mass is 9.97. The Morgan fingerprint density at radius 2 is 2.26 bits per heavy atom. The van der Waals surface area contributed by atoms with Crippen molar-refractivity contribution in [1.29, 1.82) is 0 Å². The summed E-state index contributed by atoms with van der Waals surface area (Å²) in [5, 5.41) is 4.09. The maximum atomic E-state index is 12.6. The van der Waals surface area contributed by atoms with Gasteiger partial charge in [-0.25, -0.2) is 4.98 Å². The largest absolute Gasteiger partial charge is 0.352 e. The van der Waals surface area contributed by atoms with Gasteiger partial charge in [-0.2, -0.15) is 0 Å². The minimum Gasteiger partial charge on any atom is -0.352 e. The zero-order valence-electron chi connectivity index (χ0n) is 15.7. The average Bonchev–Trinajstić information content (AvgIpc) is 3.11. The molecule has 1 amide bonds. The first kappa shape index (κ1) is 17.9. The van der Waals surface area contributed by atoms with Crippen LogP contribution in [0.5, 0.6) is 0 Å². The molecule has 1 fully saturated rings. The van der Waals surface area contributed by atoms with Gasteiger partial charge in [0.15, 0.2) is 5.13 Å². The number of aromatic nitrogens is 2. The van der Waals surface area contributed by atoms with Crippen LogP contribution < -0.4 is 10.2 Å². The molecule has 0 radical (unpaired) electrons. The zero-order chi connectivity index (χ0) is 18.8.